The number of carbonyl (C=O) groups is 3. The first-order chi connectivity index (χ1) is 23.4. The Morgan fingerprint density at radius 3 is 2.29 bits per heavy atom. The van der Waals surface area contributed by atoms with Crippen molar-refractivity contribution in [2.75, 3.05) is 26.2 Å². The Labute approximate surface area is 284 Å². The minimum Gasteiger partial charge on any atom is -0.493 e. The van der Waals surface area contributed by atoms with Crippen LogP contribution in [0.4, 0.5) is 18.4 Å². The molecule has 2 heterocycles. The fourth-order valence-electron chi connectivity index (χ4n) is 7.16. The lowest BCUT2D eigenvalue weighted by Gasteiger charge is -2.49. The van der Waals surface area contributed by atoms with Gasteiger partial charge in [-0.15, -0.1) is 0 Å². The fourth-order valence-corrected chi connectivity index (χ4v) is 7.16. The Morgan fingerprint density at radius 2 is 1.61 bits per heavy atom. The first-order valence-electron chi connectivity index (χ1n) is 16.7. The lowest BCUT2D eigenvalue weighted by Crippen LogP contribution is -2.65. The highest BCUT2D eigenvalue weighted by molar-refractivity contribution is 6.04. The summed E-state index contributed by atoms with van der Waals surface area (Å²) in [6.45, 7) is 6.50. The average Bonchev–Trinajstić information content (AvgIpc) is 3.91. The Bertz CT molecular complexity index is 1810. The van der Waals surface area contributed by atoms with Crippen LogP contribution in [0.3, 0.4) is 0 Å². The van der Waals surface area contributed by atoms with E-state index < -0.39 is 41.8 Å². The SMILES string of the molecule is Cc1ccc(C)c(OCCc2ccc(C3=C(C(=O)N(CCc4cccc(F)c4F)C4CC4)C4CN(C(=O)O)CC(C3)N4C(=O)O)cc2)c1C. The van der Waals surface area contributed by atoms with Gasteiger partial charge in [-0.1, -0.05) is 48.5 Å². The summed E-state index contributed by atoms with van der Waals surface area (Å²) >= 11 is 0. The first-order valence-corrected chi connectivity index (χ1v) is 16.7. The number of rotatable bonds is 10. The number of aryl methyl sites for hydroxylation is 2. The molecule has 11 heteroatoms. The molecule has 2 N–H and O–H groups in total. The quantitative estimate of drug-likeness (QED) is 0.251. The number of carboxylic acid groups (broad SMARTS) is 2. The van der Waals surface area contributed by atoms with Gasteiger partial charge in [0.2, 0.25) is 0 Å². The van der Waals surface area contributed by atoms with E-state index in [2.05, 4.69) is 13.0 Å². The van der Waals surface area contributed by atoms with E-state index in [9.17, 15) is 33.4 Å². The van der Waals surface area contributed by atoms with Gasteiger partial charge in [0.1, 0.15) is 5.75 Å². The van der Waals surface area contributed by atoms with E-state index in [4.69, 9.17) is 4.74 Å². The van der Waals surface area contributed by atoms with Crippen molar-refractivity contribution in [3.63, 3.8) is 0 Å². The molecule has 3 aliphatic rings. The van der Waals surface area contributed by atoms with Crippen molar-refractivity contribution in [3.8, 4) is 5.75 Å². The van der Waals surface area contributed by atoms with Crippen molar-refractivity contribution in [2.24, 2.45) is 0 Å². The molecule has 3 aromatic carbocycles. The zero-order valence-electron chi connectivity index (χ0n) is 27.9. The smallest absolute Gasteiger partial charge is 0.408 e. The molecule has 2 fully saturated rings. The molecule has 1 saturated heterocycles. The molecule has 0 aromatic heterocycles. The topological polar surface area (TPSA) is 111 Å². The van der Waals surface area contributed by atoms with Crippen LogP contribution in [0.2, 0.25) is 0 Å². The molecule has 3 aromatic rings. The molecule has 2 aliphatic heterocycles. The molecule has 6 rings (SSSR count). The summed E-state index contributed by atoms with van der Waals surface area (Å²) < 4.78 is 34.7. The number of ether oxygens (including phenoxy) is 1. The molecule has 258 valence electrons. The third-order valence-electron chi connectivity index (χ3n) is 10.1. The van der Waals surface area contributed by atoms with Crippen LogP contribution in [0.25, 0.3) is 5.57 Å². The number of halogens is 2. The van der Waals surface area contributed by atoms with Gasteiger partial charge in [-0.25, -0.2) is 18.4 Å². The van der Waals surface area contributed by atoms with E-state index in [0.29, 0.717) is 18.6 Å². The number of fused-ring (bicyclic) bond motifs is 2. The number of benzene rings is 3. The van der Waals surface area contributed by atoms with Crippen molar-refractivity contribution in [1.82, 2.24) is 14.7 Å². The summed E-state index contributed by atoms with van der Waals surface area (Å²) in [4.78, 5) is 43.3. The van der Waals surface area contributed by atoms with Crippen molar-refractivity contribution in [2.45, 2.75) is 71.0 Å². The van der Waals surface area contributed by atoms with Crippen molar-refractivity contribution < 1.29 is 38.1 Å². The van der Waals surface area contributed by atoms with E-state index in [1.807, 2.05) is 44.2 Å². The molecule has 2 atom stereocenters. The van der Waals surface area contributed by atoms with Gasteiger partial charge in [0.25, 0.3) is 5.91 Å². The highest BCUT2D eigenvalue weighted by atomic mass is 19.2. The summed E-state index contributed by atoms with van der Waals surface area (Å²) in [5.74, 6) is -1.44. The normalized spacial score (nSPS) is 18.8. The highest BCUT2D eigenvalue weighted by Gasteiger charge is 2.49. The second-order valence-electron chi connectivity index (χ2n) is 13.3. The molecule has 3 amide bonds. The van der Waals surface area contributed by atoms with Crippen molar-refractivity contribution in [3.05, 3.63) is 105 Å². The summed E-state index contributed by atoms with van der Waals surface area (Å²) in [5, 5.41) is 20.2. The number of nitrogens with zero attached hydrogens (tertiary/aromatic N) is 3. The van der Waals surface area contributed by atoms with Gasteiger partial charge in [0, 0.05) is 37.7 Å². The van der Waals surface area contributed by atoms with Gasteiger partial charge in [0.15, 0.2) is 11.6 Å². The molecule has 2 bridgehead atoms. The number of amides is 3. The van der Waals surface area contributed by atoms with E-state index >= 15 is 0 Å². The van der Waals surface area contributed by atoms with Crippen LogP contribution in [-0.2, 0) is 17.6 Å². The lowest BCUT2D eigenvalue weighted by molar-refractivity contribution is -0.128. The molecule has 0 spiro atoms. The Balaban J connectivity index is 1.31. The largest absolute Gasteiger partial charge is 0.493 e. The minimum atomic E-state index is -1.22. The van der Waals surface area contributed by atoms with E-state index in [1.54, 1.807) is 4.90 Å². The van der Waals surface area contributed by atoms with Gasteiger partial charge in [-0.3, -0.25) is 9.69 Å². The van der Waals surface area contributed by atoms with Crippen LogP contribution in [-0.4, -0.2) is 87.4 Å². The second-order valence-corrected chi connectivity index (χ2v) is 13.3. The molecule has 49 heavy (non-hydrogen) atoms. The van der Waals surface area contributed by atoms with Gasteiger partial charge in [-0.2, -0.15) is 0 Å². The van der Waals surface area contributed by atoms with Crippen molar-refractivity contribution in [1.29, 1.82) is 0 Å². The zero-order valence-corrected chi connectivity index (χ0v) is 27.9. The Morgan fingerprint density at radius 1 is 0.898 bits per heavy atom. The van der Waals surface area contributed by atoms with Crippen LogP contribution >= 0.6 is 0 Å². The minimum absolute atomic E-state index is 0.0124. The van der Waals surface area contributed by atoms with Gasteiger partial charge in [0.05, 0.1) is 18.7 Å². The molecule has 1 aliphatic carbocycles. The van der Waals surface area contributed by atoms with Crippen LogP contribution in [0.1, 0.15) is 52.6 Å². The number of hydrogen-bond acceptors (Lipinski definition) is 4. The highest BCUT2D eigenvalue weighted by Crippen LogP contribution is 2.41. The third-order valence-corrected chi connectivity index (χ3v) is 10.1. The molecule has 1 saturated carbocycles. The molecular weight excluding hydrogens is 632 g/mol. The van der Waals surface area contributed by atoms with E-state index in [0.717, 1.165) is 52.5 Å². The maximum atomic E-state index is 14.6. The monoisotopic (exact) mass is 673 g/mol. The zero-order chi connectivity index (χ0) is 35.0. The van der Waals surface area contributed by atoms with Gasteiger partial charge in [-0.05, 0) is 91.5 Å². The van der Waals surface area contributed by atoms with E-state index in [-0.39, 0.29) is 49.7 Å². The summed E-state index contributed by atoms with van der Waals surface area (Å²) in [6, 6.07) is 14.0. The molecule has 0 radical (unpaired) electrons. The second kappa shape index (κ2) is 13.9. The summed E-state index contributed by atoms with van der Waals surface area (Å²) in [5.41, 5.74) is 6.19. The fraction of sp³-hybridized carbons (Fsp3) is 0.395. The Hall–Kier alpha value is -4.93. The number of carbonyl (C=O) groups excluding carboxylic acids is 1. The van der Waals surface area contributed by atoms with Crippen LogP contribution in [0, 0.1) is 32.4 Å². The van der Waals surface area contributed by atoms with Crippen LogP contribution in [0.5, 0.6) is 5.75 Å². The summed E-state index contributed by atoms with van der Waals surface area (Å²) in [7, 11) is 0. The first kappa shape index (κ1) is 34.0. The molecule has 9 nitrogen and oxygen atoms in total. The average molecular weight is 674 g/mol. The van der Waals surface area contributed by atoms with Gasteiger partial charge >= 0.3 is 12.2 Å². The summed E-state index contributed by atoms with van der Waals surface area (Å²) in [6.07, 6.45) is -0.0683. The van der Waals surface area contributed by atoms with E-state index in [1.165, 1.54) is 21.9 Å². The van der Waals surface area contributed by atoms with Crippen LogP contribution in [0.15, 0.2) is 60.2 Å². The number of hydrogen-bond donors (Lipinski definition) is 2. The van der Waals surface area contributed by atoms with Crippen molar-refractivity contribution >= 4 is 23.7 Å². The number of piperazine rings is 1. The predicted molar refractivity (Wildman–Crippen MR) is 180 cm³/mol. The maximum absolute atomic E-state index is 14.6. The lowest BCUT2D eigenvalue weighted by atomic mass is 9.81. The standard InChI is InChI=1S/C38H41F2N3O6/c1-22-7-8-23(2)35(24(22)3)49-18-16-25-9-11-26(12-10-25)30-19-29-20-41(37(45)46)21-32(43(29)38(47)48)33(30)36(44)42(28-13-14-28)17-15-27-5-4-6-31(39)34(27)40/h4-12,28-29,32H,13-21H2,1-3H3,(H,45,46)(H,47,48). The Kier molecular flexibility index (Phi) is 9.63. The third kappa shape index (κ3) is 6.97. The maximum Gasteiger partial charge on any atom is 0.408 e. The predicted octanol–water partition coefficient (Wildman–Crippen LogP) is 6.61. The van der Waals surface area contributed by atoms with Gasteiger partial charge < -0.3 is 24.7 Å². The van der Waals surface area contributed by atoms with Crippen LogP contribution < -0.4 is 4.74 Å². The molecule has 2 unspecified atom stereocenters. The molecular formula is C38H41F2N3O6.